The molecule has 0 heterocycles. The molecule has 6 nitrogen and oxygen atoms in total. The first-order valence-electron chi connectivity index (χ1n) is 7.54. The molecule has 0 fully saturated rings. The van der Waals surface area contributed by atoms with Crippen LogP contribution in [0.1, 0.15) is 15.9 Å². The number of benzene rings is 2. The Balaban J connectivity index is 2.09. The Labute approximate surface area is 160 Å². The highest BCUT2D eigenvalue weighted by Gasteiger charge is 2.13. The second-order valence-electron chi connectivity index (χ2n) is 5.15. The standard InChI is InChI=1S/C18H17Cl2NO5/c1-24-15-6-4-11(7-16(15)26-10-17(22)25-2)18(23)21-9-12-3-5-13(19)8-14(12)20/h3-8H,9-10H2,1-2H3,(H,21,23). The molecule has 2 rings (SSSR count). The Bertz CT molecular complexity index is 810. The van der Waals surface area contributed by atoms with Gasteiger partial charge >= 0.3 is 5.97 Å². The molecular formula is C18H17Cl2NO5. The fourth-order valence-corrected chi connectivity index (χ4v) is 2.54. The molecule has 0 spiro atoms. The zero-order valence-corrected chi connectivity index (χ0v) is 15.7. The number of carbonyl (C=O) groups excluding carboxylic acids is 2. The van der Waals surface area contributed by atoms with Crippen LogP contribution in [0.4, 0.5) is 0 Å². The lowest BCUT2D eigenvalue weighted by Crippen LogP contribution is -2.23. The molecule has 0 unspecified atom stereocenters. The van der Waals surface area contributed by atoms with Gasteiger partial charge in [0.05, 0.1) is 14.2 Å². The number of ether oxygens (including phenoxy) is 3. The molecule has 1 amide bonds. The minimum Gasteiger partial charge on any atom is -0.493 e. The summed E-state index contributed by atoms with van der Waals surface area (Å²) >= 11 is 11.9. The van der Waals surface area contributed by atoms with Gasteiger partial charge in [-0.3, -0.25) is 4.79 Å². The van der Waals surface area contributed by atoms with Gasteiger partial charge in [-0.1, -0.05) is 29.3 Å². The zero-order valence-electron chi connectivity index (χ0n) is 14.2. The molecule has 0 atom stereocenters. The van der Waals surface area contributed by atoms with Gasteiger partial charge in [0.25, 0.3) is 5.91 Å². The van der Waals surface area contributed by atoms with Gasteiger partial charge < -0.3 is 19.5 Å². The van der Waals surface area contributed by atoms with Crippen LogP contribution in [0.2, 0.25) is 10.0 Å². The number of halogens is 2. The van der Waals surface area contributed by atoms with Crippen molar-refractivity contribution in [1.82, 2.24) is 5.32 Å². The highest BCUT2D eigenvalue weighted by atomic mass is 35.5. The van der Waals surface area contributed by atoms with Crippen LogP contribution < -0.4 is 14.8 Å². The van der Waals surface area contributed by atoms with E-state index in [4.69, 9.17) is 32.7 Å². The van der Waals surface area contributed by atoms with Crippen molar-refractivity contribution < 1.29 is 23.8 Å². The first-order chi connectivity index (χ1) is 12.4. The summed E-state index contributed by atoms with van der Waals surface area (Å²) in [4.78, 5) is 23.6. The summed E-state index contributed by atoms with van der Waals surface area (Å²) < 4.78 is 15.0. The average molecular weight is 398 g/mol. The van der Waals surface area contributed by atoms with Crippen molar-refractivity contribution in [2.24, 2.45) is 0 Å². The van der Waals surface area contributed by atoms with E-state index in [2.05, 4.69) is 10.1 Å². The summed E-state index contributed by atoms with van der Waals surface area (Å²) in [5.74, 6) is -0.220. The smallest absolute Gasteiger partial charge is 0.343 e. The number of hydrogen-bond donors (Lipinski definition) is 1. The van der Waals surface area contributed by atoms with E-state index in [-0.39, 0.29) is 24.8 Å². The van der Waals surface area contributed by atoms with Gasteiger partial charge in [-0.15, -0.1) is 0 Å². The van der Waals surface area contributed by atoms with Crippen LogP contribution in [0.15, 0.2) is 36.4 Å². The van der Waals surface area contributed by atoms with Gasteiger partial charge in [0.15, 0.2) is 18.1 Å². The Morgan fingerprint density at radius 3 is 2.46 bits per heavy atom. The van der Waals surface area contributed by atoms with E-state index in [1.165, 1.54) is 20.3 Å². The van der Waals surface area contributed by atoms with E-state index < -0.39 is 5.97 Å². The molecule has 0 saturated heterocycles. The molecule has 0 aliphatic rings. The van der Waals surface area contributed by atoms with E-state index in [9.17, 15) is 9.59 Å². The number of nitrogens with one attached hydrogen (secondary N) is 1. The molecule has 0 aliphatic heterocycles. The van der Waals surface area contributed by atoms with Gasteiger partial charge in [-0.05, 0) is 35.9 Å². The third-order valence-electron chi connectivity index (χ3n) is 3.45. The van der Waals surface area contributed by atoms with Crippen LogP contribution in [0.25, 0.3) is 0 Å². The summed E-state index contributed by atoms with van der Waals surface area (Å²) in [7, 11) is 2.72. The number of carbonyl (C=O) groups is 2. The summed E-state index contributed by atoms with van der Waals surface area (Å²) in [6.07, 6.45) is 0. The largest absolute Gasteiger partial charge is 0.493 e. The van der Waals surface area contributed by atoms with Gasteiger partial charge in [0, 0.05) is 22.2 Å². The molecule has 0 bridgehead atoms. The van der Waals surface area contributed by atoms with Crippen molar-refractivity contribution in [3.05, 3.63) is 57.6 Å². The molecule has 0 aromatic heterocycles. The monoisotopic (exact) mass is 397 g/mol. The number of esters is 1. The van der Waals surface area contributed by atoms with Crippen molar-refractivity contribution in [1.29, 1.82) is 0 Å². The molecule has 138 valence electrons. The number of methoxy groups -OCH3 is 2. The average Bonchev–Trinajstić information content (AvgIpc) is 2.64. The first kappa shape index (κ1) is 19.9. The molecule has 2 aromatic rings. The topological polar surface area (TPSA) is 73.9 Å². The minimum atomic E-state index is -0.542. The van der Waals surface area contributed by atoms with Crippen LogP contribution >= 0.6 is 23.2 Å². The summed E-state index contributed by atoms with van der Waals surface area (Å²) in [5.41, 5.74) is 1.08. The maximum absolute atomic E-state index is 12.4. The first-order valence-corrected chi connectivity index (χ1v) is 8.30. The van der Waals surface area contributed by atoms with Crippen LogP contribution in [0, 0.1) is 0 Å². The number of rotatable bonds is 7. The molecule has 0 radical (unpaired) electrons. The van der Waals surface area contributed by atoms with E-state index in [0.717, 1.165) is 5.56 Å². The Morgan fingerprint density at radius 1 is 1.04 bits per heavy atom. The lowest BCUT2D eigenvalue weighted by Gasteiger charge is -2.12. The third kappa shape index (κ3) is 5.28. The van der Waals surface area contributed by atoms with E-state index >= 15 is 0 Å². The van der Waals surface area contributed by atoms with Crippen molar-refractivity contribution >= 4 is 35.1 Å². The highest BCUT2D eigenvalue weighted by Crippen LogP contribution is 2.28. The van der Waals surface area contributed by atoms with Crippen molar-refractivity contribution in [3.8, 4) is 11.5 Å². The maximum Gasteiger partial charge on any atom is 0.343 e. The lowest BCUT2D eigenvalue weighted by molar-refractivity contribution is -0.142. The van der Waals surface area contributed by atoms with E-state index in [0.29, 0.717) is 21.4 Å². The number of hydrogen-bond acceptors (Lipinski definition) is 5. The molecule has 0 aliphatic carbocycles. The SMILES string of the molecule is COC(=O)COc1cc(C(=O)NCc2ccc(Cl)cc2Cl)ccc1OC. The molecule has 26 heavy (non-hydrogen) atoms. The fraction of sp³-hybridized carbons (Fsp3) is 0.222. The van der Waals surface area contributed by atoms with Crippen LogP contribution in [-0.2, 0) is 16.1 Å². The second-order valence-corrected chi connectivity index (χ2v) is 5.99. The minimum absolute atomic E-state index is 0.235. The molecule has 2 aromatic carbocycles. The third-order valence-corrected chi connectivity index (χ3v) is 4.04. The Hall–Kier alpha value is -2.44. The van der Waals surface area contributed by atoms with Crippen molar-refractivity contribution in [2.45, 2.75) is 6.54 Å². The van der Waals surface area contributed by atoms with Crippen LogP contribution in [0.5, 0.6) is 11.5 Å². The van der Waals surface area contributed by atoms with Gasteiger partial charge in [0.2, 0.25) is 0 Å². The predicted molar refractivity (Wildman–Crippen MR) is 98.1 cm³/mol. The predicted octanol–water partition coefficient (Wildman–Crippen LogP) is 3.48. The van der Waals surface area contributed by atoms with Crippen molar-refractivity contribution in [3.63, 3.8) is 0 Å². The van der Waals surface area contributed by atoms with Gasteiger partial charge in [0.1, 0.15) is 0 Å². The fourth-order valence-electron chi connectivity index (χ4n) is 2.07. The van der Waals surface area contributed by atoms with Gasteiger partial charge in [-0.25, -0.2) is 4.79 Å². The molecule has 8 heteroatoms. The van der Waals surface area contributed by atoms with Crippen molar-refractivity contribution in [2.75, 3.05) is 20.8 Å². The van der Waals surface area contributed by atoms with E-state index in [1.807, 2.05) is 0 Å². The quantitative estimate of drug-likeness (QED) is 0.723. The van der Waals surface area contributed by atoms with Crippen LogP contribution in [-0.4, -0.2) is 32.7 Å². The lowest BCUT2D eigenvalue weighted by atomic mass is 10.1. The Kier molecular flexibility index (Phi) is 7.12. The maximum atomic E-state index is 12.4. The van der Waals surface area contributed by atoms with E-state index in [1.54, 1.807) is 30.3 Å². The molecule has 1 N–H and O–H groups in total. The number of amides is 1. The summed E-state index contributed by atoms with van der Waals surface area (Å²) in [5, 5.41) is 3.75. The highest BCUT2D eigenvalue weighted by molar-refractivity contribution is 6.35. The zero-order chi connectivity index (χ0) is 19.1. The normalized spacial score (nSPS) is 10.2. The molecular weight excluding hydrogens is 381 g/mol. The second kappa shape index (κ2) is 9.31. The Morgan fingerprint density at radius 2 is 1.81 bits per heavy atom. The van der Waals surface area contributed by atoms with Crippen LogP contribution in [0.3, 0.4) is 0 Å². The summed E-state index contributed by atoms with van der Waals surface area (Å²) in [6.45, 7) is -0.0580. The van der Waals surface area contributed by atoms with Gasteiger partial charge in [-0.2, -0.15) is 0 Å². The summed E-state index contributed by atoms with van der Waals surface area (Å²) in [6, 6.07) is 9.70. The molecule has 0 saturated carbocycles.